The van der Waals surface area contributed by atoms with Crippen LogP contribution in [0.2, 0.25) is 0 Å². The van der Waals surface area contributed by atoms with Gasteiger partial charge in [0, 0.05) is 16.5 Å². The third-order valence-electron chi connectivity index (χ3n) is 2.58. The predicted octanol–water partition coefficient (Wildman–Crippen LogP) is 2.16. The molecule has 1 unspecified atom stereocenters. The highest BCUT2D eigenvalue weighted by Gasteiger charge is 2.14. The maximum atomic E-state index is 11.9. The van der Waals surface area contributed by atoms with E-state index in [4.69, 9.17) is 5.73 Å². The van der Waals surface area contributed by atoms with E-state index >= 15 is 0 Å². The molecule has 0 radical (unpaired) electrons. The number of nitrogens with two attached hydrogens (primary N) is 1. The van der Waals surface area contributed by atoms with Crippen molar-refractivity contribution in [2.45, 2.75) is 32.7 Å². The molecule has 102 valence electrons. The molecule has 0 saturated carbocycles. The molecule has 1 atom stereocenters. The van der Waals surface area contributed by atoms with Crippen LogP contribution in [0, 0.1) is 0 Å². The van der Waals surface area contributed by atoms with E-state index in [1.807, 2.05) is 13.1 Å². The van der Waals surface area contributed by atoms with Crippen molar-refractivity contribution in [2.24, 2.45) is 0 Å². The Balaban J connectivity index is 1.91. The van der Waals surface area contributed by atoms with Gasteiger partial charge in [-0.1, -0.05) is 6.92 Å². The first-order valence-corrected chi connectivity index (χ1v) is 7.72. The molecular formula is C12H16N4OS2. The maximum Gasteiger partial charge on any atom is 0.226 e. The zero-order valence-corrected chi connectivity index (χ0v) is 12.5. The van der Waals surface area contributed by atoms with Crippen LogP contribution in [-0.2, 0) is 17.6 Å². The average molecular weight is 296 g/mol. The second-order valence-corrected chi connectivity index (χ2v) is 6.20. The largest absolute Gasteiger partial charge is 0.375 e. The average Bonchev–Trinajstić information content (AvgIpc) is 2.98. The van der Waals surface area contributed by atoms with Crippen LogP contribution in [0.3, 0.4) is 0 Å². The van der Waals surface area contributed by atoms with Gasteiger partial charge in [0.15, 0.2) is 5.13 Å². The molecule has 7 heteroatoms. The Morgan fingerprint density at radius 1 is 1.58 bits per heavy atom. The fraction of sp³-hybridized carbons (Fsp3) is 0.417. The minimum Gasteiger partial charge on any atom is -0.375 e. The number of carbonyl (C=O) groups is 1. The molecule has 1 amide bonds. The summed E-state index contributed by atoms with van der Waals surface area (Å²) in [6, 6.07) is -0.0752. The lowest BCUT2D eigenvalue weighted by Crippen LogP contribution is -2.28. The molecule has 0 aliphatic heterocycles. The number of nitrogens with one attached hydrogen (secondary N) is 1. The van der Waals surface area contributed by atoms with E-state index < -0.39 is 0 Å². The summed E-state index contributed by atoms with van der Waals surface area (Å²) in [5.74, 6) is -0.0638. The Bertz CT molecular complexity index is 564. The highest BCUT2D eigenvalue weighted by atomic mass is 32.1. The van der Waals surface area contributed by atoms with Crippen molar-refractivity contribution in [3.63, 3.8) is 0 Å². The van der Waals surface area contributed by atoms with Crippen LogP contribution >= 0.6 is 22.7 Å². The lowest BCUT2D eigenvalue weighted by atomic mass is 10.3. The molecule has 0 aliphatic rings. The number of carbonyl (C=O) groups excluding carboxylic acids is 1. The van der Waals surface area contributed by atoms with Crippen molar-refractivity contribution in [3.05, 3.63) is 27.2 Å². The van der Waals surface area contributed by atoms with E-state index in [-0.39, 0.29) is 18.4 Å². The molecule has 2 heterocycles. The van der Waals surface area contributed by atoms with Crippen molar-refractivity contribution >= 4 is 33.7 Å². The summed E-state index contributed by atoms with van der Waals surface area (Å²) in [4.78, 5) is 21.5. The Morgan fingerprint density at radius 2 is 2.37 bits per heavy atom. The minimum absolute atomic E-state index is 0.0638. The van der Waals surface area contributed by atoms with Crippen LogP contribution in [-0.4, -0.2) is 15.9 Å². The number of nitrogens with zero attached hydrogens (tertiary/aromatic N) is 2. The van der Waals surface area contributed by atoms with E-state index in [0.29, 0.717) is 10.8 Å². The third-order valence-corrected chi connectivity index (χ3v) is 4.63. The summed E-state index contributed by atoms with van der Waals surface area (Å²) in [6.45, 7) is 4.03. The number of aromatic nitrogens is 2. The molecule has 2 rings (SSSR count). The Labute approximate surface area is 119 Å². The standard InChI is InChI=1S/C12H16N4OS2/c1-3-9-5-14-11(19-9)7(2)15-10(17)4-8-6-18-12(13)16-8/h5-7H,3-4H2,1-2H3,(H2,13,16)(H,15,17). The molecular weight excluding hydrogens is 280 g/mol. The van der Waals surface area contributed by atoms with Crippen molar-refractivity contribution in [1.82, 2.24) is 15.3 Å². The second-order valence-electron chi connectivity index (χ2n) is 4.16. The van der Waals surface area contributed by atoms with Crippen LogP contribution in [0.15, 0.2) is 11.6 Å². The van der Waals surface area contributed by atoms with Gasteiger partial charge in [0.1, 0.15) is 5.01 Å². The monoisotopic (exact) mass is 296 g/mol. The lowest BCUT2D eigenvalue weighted by Gasteiger charge is -2.10. The summed E-state index contributed by atoms with van der Waals surface area (Å²) in [5, 5.41) is 6.15. The van der Waals surface area contributed by atoms with Gasteiger partial charge >= 0.3 is 0 Å². The number of anilines is 1. The van der Waals surface area contributed by atoms with Crippen molar-refractivity contribution in [3.8, 4) is 0 Å². The highest BCUT2D eigenvalue weighted by Crippen LogP contribution is 2.20. The molecule has 0 fully saturated rings. The summed E-state index contributed by atoms with van der Waals surface area (Å²) >= 11 is 2.98. The van der Waals surface area contributed by atoms with Crippen LogP contribution in [0.4, 0.5) is 5.13 Å². The normalized spacial score (nSPS) is 12.3. The van der Waals surface area contributed by atoms with Crippen LogP contribution < -0.4 is 11.1 Å². The Hall–Kier alpha value is -1.47. The Morgan fingerprint density at radius 3 is 2.95 bits per heavy atom. The number of thiazole rings is 2. The topological polar surface area (TPSA) is 80.9 Å². The maximum absolute atomic E-state index is 11.9. The van der Waals surface area contributed by atoms with E-state index in [2.05, 4.69) is 22.2 Å². The van der Waals surface area contributed by atoms with E-state index in [1.54, 1.807) is 16.7 Å². The number of amides is 1. The summed E-state index contributed by atoms with van der Waals surface area (Å²) in [6.07, 6.45) is 3.09. The smallest absolute Gasteiger partial charge is 0.226 e. The van der Waals surface area contributed by atoms with Gasteiger partial charge in [-0.05, 0) is 13.3 Å². The number of hydrogen-bond acceptors (Lipinski definition) is 6. The van der Waals surface area contributed by atoms with Gasteiger partial charge in [0.25, 0.3) is 0 Å². The quantitative estimate of drug-likeness (QED) is 0.886. The van der Waals surface area contributed by atoms with Crippen LogP contribution in [0.5, 0.6) is 0 Å². The summed E-state index contributed by atoms with van der Waals surface area (Å²) in [5.41, 5.74) is 6.24. The SMILES string of the molecule is CCc1cnc(C(C)NC(=O)Cc2csc(N)n2)s1. The van der Waals surface area contributed by atoms with Crippen molar-refractivity contribution in [1.29, 1.82) is 0 Å². The van der Waals surface area contributed by atoms with Gasteiger partial charge in [-0.15, -0.1) is 22.7 Å². The third kappa shape index (κ3) is 3.74. The zero-order valence-electron chi connectivity index (χ0n) is 10.8. The summed E-state index contributed by atoms with van der Waals surface area (Å²) < 4.78 is 0. The molecule has 5 nitrogen and oxygen atoms in total. The number of rotatable bonds is 5. The fourth-order valence-electron chi connectivity index (χ4n) is 1.61. The molecule has 0 aliphatic carbocycles. The number of aryl methyl sites for hydroxylation is 1. The molecule has 3 N–H and O–H groups in total. The van der Waals surface area contributed by atoms with Gasteiger partial charge in [-0.2, -0.15) is 0 Å². The second kappa shape index (κ2) is 6.12. The molecule has 0 spiro atoms. The minimum atomic E-state index is -0.0752. The molecule has 2 aromatic heterocycles. The van der Waals surface area contributed by atoms with E-state index in [0.717, 1.165) is 11.4 Å². The molecule has 0 aromatic carbocycles. The van der Waals surface area contributed by atoms with E-state index in [9.17, 15) is 4.79 Å². The van der Waals surface area contributed by atoms with Gasteiger partial charge in [-0.25, -0.2) is 9.97 Å². The fourth-order valence-corrected chi connectivity index (χ4v) is 3.03. The highest BCUT2D eigenvalue weighted by molar-refractivity contribution is 7.13. The first-order chi connectivity index (χ1) is 9.08. The van der Waals surface area contributed by atoms with Gasteiger partial charge in [0.05, 0.1) is 18.2 Å². The molecule has 19 heavy (non-hydrogen) atoms. The number of hydrogen-bond donors (Lipinski definition) is 2. The lowest BCUT2D eigenvalue weighted by molar-refractivity contribution is -0.121. The molecule has 0 bridgehead atoms. The van der Waals surface area contributed by atoms with Gasteiger partial charge in [0.2, 0.25) is 5.91 Å². The Kier molecular flexibility index (Phi) is 4.49. The first-order valence-electron chi connectivity index (χ1n) is 6.02. The number of nitrogen functional groups attached to an aromatic ring is 1. The van der Waals surface area contributed by atoms with E-state index in [1.165, 1.54) is 16.2 Å². The van der Waals surface area contributed by atoms with Crippen molar-refractivity contribution in [2.75, 3.05) is 5.73 Å². The van der Waals surface area contributed by atoms with Gasteiger partial charge < -0.3 is 11.1 Å². The molecule has 2 aromatic rings. The molecule has 0 saturated heterocycles. The summed E-state index contributed by atoms with van der Waals surface area (Å²) in [7, 11) is 0. The van der Waals surface area contributed by atoms with Gasteiger partial charge in [-0.3, -0.25) is 4.79 Å². The van der Waals surface area contributed by atoms with Crippen LogP contribution in [0.1, 0.15) is 35.5 Å². The predicted molar refractivity (Wildman–Crippen MR) is 78.3 cm³/mol. The van der Waals surface area contributed by atoms with Crippen molar-refractivity contribution < 1.29 is 4.79 Å². The zero-order chi connectivity index (χ0) is 13.8. The van der Waals surface area contributed by atoms with Crippen LogP contribution in [0.25, 0.3) is 0 Å². The first kappa shape index (κ1) is 14.0.